The highest BCUT2D eigenvalue weighted by molar-refractivity contribution is 5.78. The second kappa shape index (κ2) is 6.07. The van der Waals surface area contributed by atoms with E-state index in [4.69, 9.17) is 9.63 Å². The molecule has 1 aliphatic rings. The maximum absolute atomic E-state index is 11.9. The number of rotatable bonds is 5. The largest absolute Gasteiger partial charge is 0.481 e. The molecule has 2 atom stereocenters. The zero-order valence-corrected chi connectivity index (χ0v) is 11.8. The summed E-state index contributed by atoms with van der Waals surface area (Å²) in [6.07, 6.45) is 3.13. The number of aromatic nitrogens is 1. The van der Waals surface area contributed by atoms with Crippen LogP contribution in [0.5, 0.6) is 0 Å². The van der Waals surface area contributed by atoms with E-state index in [1.165, 1.54) is 0 Å². The van der Waals surface area contributed by atoms with E-state index in [9.17, 15) is 9.59 Å². The lowest BCUT2D eigenvalue weighted by Gasteiger charge is -2.17. The molecule has 20 heavy (non-hydrogen) atoms. The third-order valence-corrected chi connectivity index (χ3v) is 3.96. The van der Waals surface area contributed by atoms with Crippen LogP contribution in [0.2, 0.25) is 0 Å². The molecular weight excluding hydrogens is 260 g/mol. The molecule has 0 spiro atoms. The molecular formula is C14H20N2O4. The van der Waals surface area contributed by atoms with Crippen molar-refractivity contribution in [3.63, 3.8) is 0 Å². The van der Waals surface area contributed by atoms with Gasteiger partial charge in [-0.2, -0.15) is 0 Å². The van der Waals surface area contributed by atoms with Gasteiger partial charge in [-0.3, -0.25) is 9.59 Å². The number of amides is 1. The van der Waals surface area contributed by atoms with Gasteiger partial charge in [-0.1, -0.05) is 11.6 Å². The van der Waals surface area contributed by atoms with Gasteiger partial charge in [-0.15, -0.1) is 0 Å². The molecule has 1 heterocycles. The average Bonchev–Trinajstić information content (AvgIpc) is 2.95. The second-order valence-corrected chi connectivity index (χ2v) is 5.35. The van der Waals surface area contributed by atoms with Crippen molar-refractivity contribution in [2.75, 3.05) is 0 Å². The number of carboxylic acid groups (broad SMARTS) is 1. The van der Waals surface area contributed by atoms with E-state index in [2.05, 4.69) is 10.5 Å². The lowest BCUT2D eigenvalue weighted by atomic mass is 10.0. The Kier molecular flexibility index (Phi) is 4.42. The smallest absolute Gasteiger partial charge is 0.308 e. The van der Waals surface area contributed by atoms with Crippen molar-refractivity contribution in [1.29, 1.82) is 0 Å². The van der Waals surface area contributed by atoms with Crippen LogP contribution in [0.4, 0.5) is 0 Å². The highest BCUT2D eigenvalue weighted by atomic mass is 16.5. The number of aryl methyl sites for hydroxylation is 2. The standard InChI is InChI=1S/C14H20N2O4/c1-8-10(9(2)20-16-8)6-7-13(17)15-12-5-3-4-11(12)14(18)19/h11-12H,3-7H2,1-2H3,(H,15,17)(H,18,19). The van der Waals surface area contributed by atoms with Crippen LogP contribution in [0.15, 0.2) is 4.52 Å². The predicted octanol–water partition coefficient (Wildman–Crippen LogP) is 1.59. The summed E-state index contributed by atoms with van der Waals surface area (Å²) in [4.78, 5) is 23.0. The number of hydrogen-bond acceptors (Lipinski definition) is 4. The number of carbonyl (C=O) groups is 2. The number of carbonyl (C=O) groups excluding carboxylic acids is 1. The number of aliphatic carboxylic acids is 1. The molecule has 0 radical (unpaired) electrons. The molecule has 0 saturated heterocycles. The molecule has 1 aliphatic carbocycles. The van der Waals surface area contributed by atoms with E-state index in [1.54, 1.807) is 0 Å². The quantitative estimate of drug-likeness (QED) is 0.854. The Hall–Kier alpha value is -1.85. The molecule has 1 aromatic rings. The van der Waals surface area contributed by atoms with Crippen LogP contribution in [0, 0.1) is 19.8 Å². The maximum atomic E-state index is 11.9. The highest BCUT2D eigenvalue weighted by Gasteiger charge is 2.33. The van der Waals surface area contributed by atoms with Crippen LogP contribution < -0.4 is 5.32 Å². The Bertz CT molecular complexity index is 490. The summed E-state index contributed by atoms with van der Waals surface area (Å²) in [6, 6.07) is -0.232. The SMILES string of the molecule is Cc1noc(C)c1CCC(=O)NC1CCCC1C(=O)O. The van der Waals surface area contributed by atoms with Crippen LogP contribution in [-0.4, -0.2) is 28.2 Å². The molecule has 1 saturated carbocycles. The zero-order valence-electron chi connectivity index (χ0n) is 11.8. The van der Waals surface area contributed by atoms with Gasteiger partial charge in [-0.05, 0) is 33.1 Å². The van der Waals surface area contributed by atoms with Crippen molar-refractivity contribution < 1.29 is 19.2 Å². The number of hydrogen-bond donors (Lipinski definition) is 2. The van der Waals surface area contributed by atoms with Crippen molar-refractivity contribution in [1.82, 2.24) is 10.5 Å². The molecule has 2 unspecified atom stereocenters. The molecule has 2 rings (SSSR count). The Morgan fingerprint density at radius 1 is 1.40 bits per heavy atom. The Morgan fingerprint density at radius 2 is 2.15 bits per heavy atom. The van der Waals surface area contributed by atoms with Gasteiger partial charge in [0.15, 0.2) is 0 Å². The monoisotopic (exact) mass is 280 g/mol. The molecule has 0 aromatic carbocycles. The molecule has 0 aliphatic heterocycles. The van der Waals surface area contributed by atoms with Crippen LogP contribution in [0.3, 0.4) is 0 Å². The first-order valence-electron chi connectivity index (χ1n) is 6.93. The first-order valence-corrected chi connectivity index (χ1v) is 6.93. The van der Waals surface area contributed by atoms with E-state index in [0.29, 0.717) is 19.3 Å². The van der Waals surface area contributed by atoms with Crippen LogP contribution in [0.1, 0.15) is 42.7 Å². The average molecular weight is 280 g/mol. The second-order valence-electron chi connectivity index (χ2n) is 5.35. The Balaban J connectivity index is 1.85. The van der Waals surface area contributed by atoms with Crippen molar-refractivity contribution >= 4 is 11.9 Å². The van der Waals surface area contributed by atoms with Gasteiger partial charge in [0.25, 0.3) is 0 Å². The first-order chi connectivity index (χ1) is 9.49. The fourth-order valence-corrected chi connectivity index (χ4v) is 2.80. The van der Waals surface area contributed by atoms with Gasteiger partial charge in [0.2, 0.25) is 5.91 Å². The van der Waals surface area contributed by atoms with Gasteiger partial charge in [0.1, 0.15) is 5.76 Å². The number of nitrogens with one attached hydrogen (secondary N) is 1. The Morgan fingerprint density at radius 3 is 2.75 bits per heavy atom. The summed E-state index contributed by atoms with van der Waals surface area (Å²) < 4.78 is 5.05. The first kappa shape index (κ1) is 14.6. The summed E-state index contributed by atoms with van der Waals surface area (Å²) in [5.74, 6) is -0.640. The van der Waals surface area contributed by atoms with Crippen molar-refractivity contribution in [2.45, 2.75) is 52.0 Å². The summed E-state index contributed by atoms with van der Waals surface area (Å²) in [6.45, 7) is 3.67. The molecule has 1 amide bonds. The van der Waals surface area contributed by atoms with E-state index < -0.39 is 11.9 Å². The fourth-order valence-electron chi connectivity index (χ4n) is 2.80. The Labute approximate surface area is 117 Å². The molecule has 2 N–H and O–H groups in total. The summed E-state index contributed by atoms with van der Waals surface area (Å²) in [7, 11) is 0. The minimum Gasteiger partial charge on any atom is -0.481 e. The van der Waals surface area contributed by atoms with Crippen LogP contribution >= 0.6 is 0 Å². The number of carboxylic acids is 1. The number of nitrogens with zero attached hydrogens (tertiary/aromatic N) is 1. The van der Waals surface area contributed by atoms with Gasteiger partial charge in [0.05, 0.1) is 11.6 Å². The van der Waals surface area contributed by atoms with E-state index in [-0.39, 0.29) is 11.9 Å². The molecule has 1 aromatic heterocycles. The van der Waals surface area contributed by atoms with E-state index >= 15 is 0 Å². The normalized spacial score (nSPS) is 21.9. The molecule has 6 heteroatoms. The van der Waals surface area contributed by atoms with Crippen molar-refractivity contribution in [3.8, 4) is 0 Å². The predicted molar refractivity (Wildman–Crippen MR) is 71.2 cm³/mol. The van der Waals surface area contributed by atoms with Crippen molar-refractivity contribution in [3.05, 3.63) is 17.0 Å². The molecule has 0 bridgehead atoms. The van der Waals surface area contributed by atoms with Crippen LogP contribution in [-0.2, 0) is 16.0 Å². The molecule has 1 fully saturated rings. The van der Waals surface area contributed by atoms with Crippen molar-refractivity contribution in [2.24, 2.45) is 5.92 Å². The van der Waals surface area contributed by atoms with Gasteiger partial charge < -0.3 is 14.9 Å². The summed E-state index contributed by atoms with van der Waals surface area (Å²) >= 11 is 0. The minimum absolute atomic E-state index is 0.108. The van der Waals surface area contributed by atoms with Gasteiger partial charge in [-0.25, -0.2) is 0 Å². The maximum Gasteiger partial charge on any atom is 0.308 e. The third-order valence-electron chi connectivity index (χ3n) is 3.96. The molecule has 6 nitrogen and oxygen atoms in total. The summed E-state index contributed by atoms with van der Waals surface area (Å²) in [5, 5.41) is 15.8. The highest BCUT2D eigenvalue weighted by Crippen LogP contribution is 2.26. The lowest BCUT2D eigenvalue weighted by Crippen LogP contribution is -2.40. The van der Waals surface area contributed by atoms with E-state index in [0.717, 1.165) is 29.9 Å². The lowest BCUT2D eigenvalue weighted by molar-refractivity contribution is -0.142. The van der Waals surface area contributed by atoms with E-state index in [1.807, 2.05) is 13.8 Å². The van der Waals surface area contributed by atoms with Gasteiger partial charge >= 0.3 is 5.97 Å². The fraction of sp³-hybridized carbons (Fsp3) is 0.643. The third kappa shape index (κ3) is 3.18. The molecule has 110 valence electrons. The minimum atomic E-state index is -0.821. The zero-order chi connectivity index (χ0) is 14.7. The topological polar surface area (TPSA) is 92.4 Å². The van der Waals surface area contributed by atoms with Crippen LogP contribution in [0.25, 0.3) is 0 Å². The summed E-state index contributed by atoms with van der Waals surface area (Å²) in [5.41, 5.74) is 1.76. The van der Waals surface area contributed by atoms with Gasteiger partial charge in [0, 0.05) is 18.0 Å².